The molecule has 0 aliphatic carbocycles. The second kappa shape index (κ2) is 52.1. The van der Waals surface area contributed by atoms with Crippen molar-refractivity contribution in [2.45, 2.75) is 320 Å². The lowest BCUT2D eigenvalue weighted by molar-refractivity contribution is -0.305. The Morgan fingerprint density at radius 3 is 1.41 bits per heavy atom. The first-order valence-corrected chi connectivity index (χ1v) is 31.1. The average molecular weight is 1060 g/mol. The largest absolute Gasteiger partial charge is 0.454 e. The maximum Gasteiger partial charge on any atom is 0.306 e. The van der Waals surface area contributed by atoms with Crippen LogP contribution < -0.4 is 5.32 Å². The number of allylic oxidation sites excluding steroid dienone is 9. The fourth-order valence-electron chi connectivity index (χ4n) is 9.42. The lowest BCUT2D eigenvalue weighted by atomic mass is 9.99. The topological polar surface area (TPSA) is 175 Å². The fraction of sp³-hybridized carbons (Fsp3) is 0.812. The quantitative estimate of drug-likeness (QED) is 0.0195. The maximum absolute atomic E-state index is 13.4. The monoisotopic (exact) mass is 1060 g/mol. The molecule has 0 aromatic carbocycles. The lowest BCUT2D eigenvalue weighted by Gasteiger charge is -2.41. The number of carbonyl (C=O) groups excluding carboxylic acids is 2. The molecule has 8 unspecified atom stereocenters. The van der Waals surface area contributed by atoms with Crippen molar-refractivity contribution in [2.75, 3.05) is 13.2 Å². The zero-order valence-electron chi connectivity index (χ0n) is 48.2. The van der Waals surface area contributed by atoms with E-state index in [1.807, 2.05) is 6.08 Å². The van der Waals surface area contributed by atoms with Gasteiger partial charge in [0.15, 0.2) is 12.4 Å². The normalized spacial score (nSPS) is 19.6. The number of aliphatic hydroxyl groups excluding tert-OH is 5. The molecule has 11 heteroatoms. The summed E-state index contributed by atoms with van der Waals surface area (Å²) in [6.45, 7) is 5.75. The number of carbonyl (C=O) groups is 2. The molecule has 6 N–H and O–H groups in total. The molecule has 0 saturated carbocycles. The molecule has 1 heterocycles. The van der Waals surface area contributed by atoms with E-state index < -0.39 is 67.4 Å². The number of rotatable bonds is 52. The van der Waals surface area contributed by atoms with E-state index in [-0.39, 0.29) is 19.4 Å². The molecule has 1 saturated heterocycles. The number of amides is 1. The molecule has 1 fully saturated rings. The van der Waals surface area contributed by atoms with Gasteiger partial charge in [-0.3, -0.25) is 9.59 Å². The van der Waals surface area contributed by atoms with Crippen molar-refractivity contribution in [1.29, 1.82) is 0 Å². The van der Waals surface area contributed by atoms with Gasteiger partial charge in [0.05, 0.1) is 25.4 Å². The smallest absolute Gasteiger partial charge is 0.306 e. The Bertz CT molecular complexity index is 1450. The zero-order valence-corrected chi connectivity index (χ0v) is 48.2. The zero-order chi connectivity index (χ0) is 54.7. The summed E-state index contributed by atoms with van der Waals surface area (Å²) in [4.78, 5) is 26.5. The first-order valence-electron chi connectivity index (χ1n) is 31.1. The van der Waals surface area contributed by atoms with Crippen LogP contribution in [0.5, 0.6) is 0 Å². The number of hydrogen-bond donors (Lipinski definition) is 6. The van der Waals surface area contributed by atoms with E-state index in [0.717, 1.165) is 96.3 Å². The predicted octanol–water partition coefficient (Wildman–Crippen LogP) is 14.6. The highest BCUT2D eigenvalue weighted by molar-refractivity contribution is 5.80. The van der Waals surface area contributed by atoms with Gasteiger partial charge < -0.3 is 45.1 Å². The van der Waals surface area contributed by atoms with Crippen LogP contribution >= 0.6 is 0 Å². The third-order valence-corrected chi connectivity index (χ3v) is 14.4. The fourth-order valence-corrected chi connectivity index (χ4v) is 9.42. The minimum absolute atomic E-state index is 0.0966. The molecule has 1 aliphatic rings. The molecule has 436 valence electrons. The Kier molecular flexibility index (Phi) is 48.9. The number of unbranched alkanes of at least 4 members (excludes halogenated alkanes) is 30. The first-order chi connectivity index (χ1) is 36.7. The minimum atomic E-state index is -1.62. The third kappa shape index (κ3) is 40.2. The van der Waals surface area contributed by atoms with Gasteiger partial charge in [-0.15, -0.1) is 0 Å². The van der Waals surface area contributed by atoms with Crippen LogP contribution in [0.4, 0.5) is 0 Å². The van der Waals surface area contributed by atoms with Crippen LogP contribution in [0.3, 0.4) is 0 Å². The van der Waals surface area contributed by atoms with Crippen LogP contribution in [-0.4, -0.2) is 99.6 Å². The third-order valence-electron chi connectivity index (χ3n) is 14.4. The Morgan fingerprint density at radius 1 is 0.520 bits per heavy atom. The summed E-state index contributed by atoms with van der Waals surface area (Å²) in [5.41, 5.74) is 0. The van der Waals surface area contributed by atoms with Gasteiger partial charge in [0.2, 0.25) is 5.91 Å². The van der Waals surface area contributed by atoms with Crippen molar-refractivity contribution in [1.82, 2.24) is 5.32 Å². The molecule has 1 aliphatic heterocycles. The second-order valence-corrected chi connectivity index (χ2v) is 21.4. The van der Waals surface area contributed by atoms with E-state index in [1.165, 1.54) is 128 Å². The summed E-state index contributed by atoms with van der Waals surface area (Å²) in [5, 5.41) is 57.0. The molecule has 1 rings (SSSR count). The van der Waals surface area contributed by atoms with Crippen LogP contribution in [0, 0.1) is 0 Å². The van der Waals surface area contributed by atoms with Gasteiger partial charge in [-0.25, -0.2) is 0 Å². The van der Waals surface area contributed by atoms with Crippen molar-refractivity contribution >= 4 is 11.9 Å². The molecule has 8 atom stereocenters. The van der Waals surface area contributed by atoms with Crippen molar-refractivity contribution in [3.8, 4) is 0 Å². The molecule has 0 aromatic rings. The van der Waals surface area contributed by atoms with Crippen LogP contribution in [-0.2, 0) is 23.8 Å². The van der Waals surface area contributed by atoms with Gasteiger partial charge in [-0.1, -0.05) is 236 Å². The number of ether oxygens (including phenoxy) is 3. The van der Waals surface area contributed by atoms with Gasteiger partial charge >= 0.3 is 5.97 Å². The van der Waals surface area contributed by atoms with Crippen LogP contribution in [0.2, 0.25) is 0 Å². The predicted molar refractivity (Wildman–Crippen MR) is 310 cm³/mol. The highest BCUT2D eigenvalue weighted by Crippen LogP contribution is 2.26. The molecule has 75 heavy (non-hydrogen) atoms. The summed E-state index contributed by atoms with van der Waals surface area (Å²) in [5.74, 6) is -1.22. The molecular weight excluding hydrogens is 943 g/mol. The van der Waals surface area contributed by atoms with Crippen molar-refractivity contribution < 1.29 is 49.3 Å². The van der Waals surface area contributed by atoms with Gasteiger partial charge in [0, 0.05) is 6.42 Å². The Morgan fingerprint density at radius 2 is 0.920 bits per heavy atom. The van der Waals surface area contributed by atoms with E-state index in [0.29, 0.717) is 12.8 Å². The molecule has 0 bridgehead atoms. The Hall–Kier alpha value is -2.64. The van der Waals surface area contributed by atoms with E-state index >= 15 is 0 Å². The molecule has 0 spiro atoms. The molecule has 0 radical (unpaired) electrons. The van der Waals surface area contributed by atoms with Gasteiger partial charge in [-0.05, 0) is 89.9 Å². The number of nitrogens with one attached hydrogen (secondary N) is 1. The van der Waals surface area contributed by atoms with Crippen LogP contribution in [0.25, 0.3) is 0 Å². The summed E-state index contributed by atoms with van der Waals surface area (Å²) in [7, 11) is 0. The van der Waals surface area contributed by atoms with E-state index in [4.69, 9.17) is 14.2 Å². The van der Waals surface area contributed by atoms with E-state index in [2.05, 4.69) is 74.7 Å². The summed E-state index contributed by atoms with van der Waals surface area (Å²) in [6, 6.07) is -1.03. The SMILES string of the molecule is CCCCC/C=C\C/C=C\C/C=C\CCCCCCC(=O)OC1C(OCC(NC(=O)C(O)CCCCCCCC/C=C/CCCCCCCC)C(O)/C=C/CCCCCCCCCCCCC)OC(CO)C(O)C1O. The molecular formula is C64H115NO10. The van der Waals surface area contributed by atoms with Gasteiger partial charge in [0.1, 0.15) is 24.4 Å². The average Bonchev–Trinajstić information content (AvgIpc) is 3.41. The standard InChI is InChI=1S/C64H115NO10/c1-4-7-10-13-16-19-22-25-27-29-31-34-37-40-43-46-49-52-59(69)75-62-61(71)60(70)58(53-66)74-64(62)73-54-55(56(67)50-47-44-41-38-35-32-24-21-18-15-12-9-6-3)65-63(72)57(68)51-48-45-42-39-36-33-30-28-26-23-20-17-14-11-8-5-2/h16,19,25-28,31,34,47,50,55-58,60-62,64,66-68,70-71H,4-15,17-18,20-24,29-30,32-33,35-46,48-49,51-54H2,1-3H3,(H,65,72)/b19-16-,27-25-,28-26+,34-31-,50-47+. The van der Waals surface area contributed by atoms with Crippen molar-refractivity contribution in [2.24, 2.45) is 0 Å². The summed E-state index contributed by atoms with van der Waals surface area (Å²) >= 11 is 0. The highest BCUT2D eigenvalue weighted by Gasteiger charge is 2.47. The van der Waals surface area contributed by atoms with Gasteiger partial charge in [0.25, 0.3) is 0 Å². The minimum Gasteiger partial charge on any atom is -0.454 e. The van der Waals surface area contributed by atoms with Gasteiger partial charge in [-0.2, -0.15) is 0 Å². The number of aliphatic hydroxyl groups is 5. The van der Waals surface area contributed by atoms with Crippen molar-refractivity contribution in [3.05, 3.63) is 60.8 Å². The number of hydrogen-bond acceptors (Lipinski definition) is 10. The highest BCUT2D eigenvalue weighted by atomic mass is 16.7. The second-order valence-electron chi connectivity index (χ2n) is 21.4. The maximum atomic E-state index is 13.4. The molecule has 11 nitrogen and oxygen atoms in total. The Balaban J connectivity index is 2.72. The van der Waals surface area contributed by atoms with E-state index in [1.54, 1.807) is 6.08 Å². The van der Waals surface area contributed by atoms with Crippen LogP contribution in [0.1, 0.15) is 271 Å². The van der Waals surface area contributed by atoms with E-state index in [9.17, 15) is 35.1 Å². The lowest BCUT2D eigenvalue weighted by Crippen LogP contribution is -2.61. The summed E-state index contributed by atoms with van der Waals surface area (Å²) in [6.07, 6.45) is 53.9. The first kappa shape index (κ1) is 70.4. The molecule has 1 amide bonds. The molecule has 0 aromatic heterocycles. The number of esters is 1. The van der Waals surface area contributed by atoms with Crippen LogP contribution in [0.15, 0.2) is 60.8 Å². The van der Waals surface area contributed by atoms with Crippen molar-refractivity contribution in [3.63, 3.8) is 0 Å². The Labute approximate surface area is 458 Å². The summed E-state index contributed by atoms with van der Waals surface area (Å²) < 4.78 is 17.6.